The molecule has 2 atom stereocenters. The Morgan fingerprint density at radius 3 is 3.00 bits per heavy atom. The summed E-state index contributed by atoms with van der Waals surface area (Å²) < 4.78 is 0. The van der Waals surface area contributed by atoms with Crippen LogP contribution in [0.3, 0.4) is 0 Å². The molecule has 15 heavy (non-hydrogen) atoms. The summed E-state index contributed by atoms with van der Waals surface area (Å²) >= 11 is 2.03. The average Bonchev–Trinajstić information content (AvgIpc) is 2.69. The smallest absolute Gasteiger partial charge is 0.0286 e. The third-order valence-electron chi connectivity index (χ3n) is 2.95. The van der Waals surface area contributed by atoms with Crippen molar-refractivity contribution in [1.29, 1.82) is 0 Å². The van der Waals surface area contributed by atoms with Crippen LogP contribution in [0, 0.1) is 0 Å². The summed E-state index contributed by atoms with van der Waals surface area (Å²) in [6.45, 7) is 5.66. The normalized spacial score (nSPS) is 21.3. The number of hydrogen-bond acceptors (Lipinski definition) is 2. The highest BCUT2D eigenvalue weighted by Gasteiger charge is 2.25. The average molecular weight is 221 g/mol. The Morgan fingerprint density at radius 2 is 2.27 bits per heavy atom. The standard InChI is InChI=1S/C13H19NS/c1-3-8-14-10(2)13-9-11-6-4-5-7-12(11)15-13/h4-7,10,13-14H,3,8-9H2,1-2H3. The van der Waals surface area contributed by atoms with Crippen LogP contribution in [0.2, 0.25) is 0 Å². The Hall–Kier alpha value is -0.470. The number of nitrogens with one attached hydrogen (secondary N) is 1. The van der Waals surface area contributed by atoms with Gasteiger partial charge in [0.05, 0.1) is 0 Å². The molecule has 1 N–H and O–H groups in total. The van der Waals surface area contributed by atoms with Gasteiger partial charge in [0.25, 0.3) is 0 Å². The van der Waals surface area contributed by atoms with Crippen molar-refractivity contribution >= 4 is 11.8 Å². The van der Waals surface area contributed by atoms with Gasteiger partial charge in [-0.05, 0) is 37.9 Å². The molecule has 1 aliphatic rings. The van der Waals surface area contributed by atoms with Crippen LogP contribution in [0.25, 0.3) is 0 Å². The van der Waals surface area contributed by atoms with E-state index in [1.54, 1.807) is 0 Å². The van der Waals surface area contributed by atoms with Crippen molar-refractivity contribution in [3.05, 3.63) is 29.8 Å². The minimum Gasteiger partial charge on any atom is -0.313 e. The van der Waals surface area contributed by atoms with Crippen LogP contribution in [0.15, 0.2) is 29.2 Å². The second-order valence-corrected chi connectivity index (χ2v) is 5.49. The molecule has 0 aromatic heterocycles. The van der Waals surface area contributed by atoms with Crippen molar-refractivity contribution in [2.45, 2.75) is 42.9 Å². The summed E-state index contributed by atoms with van der Waals surface area (Å²) in [5.74, 6) is 0. The quantitative estimate of drug-likeness (QED) is 0.838. The van der Waals surface area contributed by atoms with Gasteiger partial charge in [0, 0.05) is 16.2 Å². The molecule has 0 aliphatic carbocycles. The van der Waals surface area contributed by atoms with Gasteiger partial charge in [0.15, 0.2) is 0 Å². The number of benzene rings is 1. The van der Waals surface area contributed by atoms with E-state index in [9.17, 15) is 0 Å². The number of rotatable bonds is 4. The van der Waals surface area contributed by atoms with Gasteiger partial charge in [-0.2, -0.15) is 0 Å². The fraction of sp³-hybridized carbons (Fsp3) is 0.538. The maximum atomic E-state index is 3.59. The lowest BCUT2D eigenvalue weighted by atomic mass is 10.1. The maximum Gasteiger partial charge on any atom is 0.0286 e. The number of hydrogen-bond donors (Lipinski definition) is 1. The van der Waals surface area contributed by atoms with Crippen LogP contribution in [-0.2, 0) is 6.42 Å². The van der Waals surface area contributed by atoms with Gasteiger partial charge in [-0.3, -0.25) is 0 Å². The van der Waals surface area contributed by atoms with Crippen molar-refractivity contribution < 1.29 is 0 Å². The van der Waals surface area contributed by atoms with Crippen LogP contribution in [-0.4, -0.2) is 17.8 Å². The van der Waals surface area contributed by atoms with Gasteiger partial charge < -0.3 is 5.32 Å². The first-order chi connectivity index (χ1) is 7.31. The monoisotopic (exact) mass is 221 g/mol. The molecule has 2 rings (SSSR count). The molecule has 0 saturated heterocycles. The fourth-order valence-corrected chi connectivity index (χ4v) is 3.34. The van der Waals surface area contributed by atoms with Crippen LogP contribution in [0.1, 0.15) is 25.8 Å². The molecule has 1 aromatic carbocycles. The highest BCUT2D eigenvalue weighted by atomic mass is 32.2. The van der Waals surface area contributed by atoms with Crippen molar-refractivity contribution in [1.82, 2.24) is 5.32 Å². The molecule has 0 saturated carbocycles. The van der Waals surface area contributed by atoms with Gasteiger partial charge in [0.1, 0.15) is 0 Å². The van der Waals surface area contributed by atoms with Crippen molar-refractivity contribution in [3.8, 4) is 0 Å². The van der Waals surface area contributed by atoms with Gasteiger partial charge in [0.2, 0.25) is 0 Å². The first-order valence-corrected chi connectivity index (χ1v) is 6.67. The van der Waals surface area contributed by atoms with Crippen LogP contribution < -0.4 is 5.32 Å². The van der Waals surface area contributed by atoms with E-state index in [1.165, 1.54) is 23.3 Å². The zero-order valence-electron chi connectivity index (χ0n) is 9.49. The molecule has 0 fully saturated rings. The van der Waals surface area contributed by atoms with Crippen molar-refractivity contribution in [2.24, 2.45) is 0 Å². The molecular formula is C13H19NS. The zero-order chi connectivity index (χ0) is 10.7. The van der Waals surface area contributed by atoms with Crippen molar-refractivity contribution in [3.63, 3.8) is 0 Å². The largest absolute Gasteiger partial charge is 0.313 e. The molecule has 1 nitrogen and oxygen atoms in total. The molecule has 0 bridgehead atoms. The molecule has 1 aliphatic heterocycles. The number of fused-ring (bicyclic) bond motifs is 1. The minimum atomic E-state index is 0.613. The van der Waals surface area contributed by atoms with E-state index in [0.717, 1.165) is 6.54 Å². The lowest BCUT2D eigenvalue weighted by Gasteiger charge is -2.19. The third-order valence-corrected chi connectivity index (χ3v) is 4.48. The molecule has 0 radical (unpaired) electrons. The lowest BCUT2D eigenvalue weighted by Crippen LogP contribution is -2.35. The predicted octanol–water partition coefficient (Wildman–Crippen LogP) is 3.09. The summed E-state index contributed by atoms with van der Waals surface area (Å²) in [4.78, 5) is 1.48. The van der Waals surface area contributed by atoms with Gasteiger partial charge in [-0.1, -0.05) is 25.1 Å². The van der Waals surface area contributed by atoms with Gasteiger partial charge in [-0.25, -0.2) is 0 Å². The lowest BCUT2D eigenvalue weighted by molar-refractivity contribution is 0.528. The molecular weight excluding hydrogens is 202 g/mol. The van der Waals surface area contributed by atoms with E-state index in [4.69, 9.17) is 0 Å². The topological polar surface area (TPSA) is 12.0 Å². The Balaban J connectivity index is 1.94. The number of thioether (sulfide) groups is 1. The summed E-state index contributed by atoms with van der Waals surface area (Å²) in [6.07, 6.45) is 2.44. The van der Waals surface area contributed by atoms with Crippen LogP contribution in [0.5, 0.6) is 0 Å². The predicted molar refractivity (Wildman–Crippen MR) is 67.5 cm³/mol. The fourth-order valence-electron chi connectivity index (χ4n) is 1.99. The van der Waals surface area contributed by atoms with E-state index in [0.29, 0.717) is 11.3 Å². The van der Waals surface area contributed by atoms with Crippen LogP contribution >= 0.6 is 11.8 Å². The highest BCUT2D eigenvalue weighted by molar-refractivity contribution is 8.00. The Kier molecular flexibility index (Phi) is 3.71. The molecule has 1 heterocycles. The Bertz CT molecular complexity index is 299. The van der Waals surface area contributed by atoms with E-state index in [-0.39, 0.29) is 0 Å². The minimum absolute atomic E-state index is 0.613. The first-order valence-electron chi connectivity index (χ1n) is 5.79. The molecule has 82 valence electrons. The first kappa shape index (κ1) is 11.0. The zero-order valence-corrected chi connectivity index (χ0v) is 10.3. The van der Waals surface area contributed by atoms with E-state index < -0.39 is 0 Å². The molecule has 0 spiro atoms. The molecule has 1 aromatic rings. The maximum absolute atomic E-state index is 3.59. The second kappa shape index (κ2) is 5.04. The van der Waals surface area contributed by atoms with Gasteiger partial charge in [-0.15, -0.1) is 11.8 Å². The molecule has 0 amide bonds. The third kappa shape index (κ3) is 2.56. The van der Waals surface area contributed by atoms with E-state index in [2.05, 4.69) is 43.4 Å². The van der Waals surface area contributed by atoms with E-state index in [1.807, 2.05) is 11.8 Å². The summed E-state index contributed by atoms with van der Waals surface area (Å²) in [6, 6.07) is 9.40. The van der Waals surface area contributed by atoms with Crippen LogP contribution in [0.4, 0.5) is 0 Å². The molecule has 2 unspecified atom stereocenters. The Morgan fingerprint density at radius 1 is 1.47 bits per heavy atom. The van der Waals surface area contributed by atoms with Crippen molar-refractivity contribution in [2.75, 3.05) is 6.54 Å². The summed E-state index contributed by atoms with van der Waals surface area (Å²) in [5, 5.41) is 4.30. The van der Waals surface area contributed by atoms with E-state index >= 15 is 0 Å². The highest BCUT2D eigenvalue weighted by Crippen LogP contribution is 2.38. The second-order valence-electron chi connectivity index (χ2n) is 4.21. The summed E-state index contributed by atoms with van der Waals surface area (Å²) in [5.41, 5.74) is 1.53. The molecule has 2 heteroatoms. The summed E-state index contributed by atoms with van der Waals surface area (Å²) in [7, 11) is 0. The van der Waals surface area contributed by atoms with Gasteiger partial charge >= 0.3 is 0 Å². The SMILES string of the molecule is CCCNC(C)C1Cc2ccccc2S1. The Labute approximate surface area is 96.7 Å².